The molecule has 2 bridgehead atoms. The second-order valence-corrected chi connectivity index (χ2v) is 5.33. The largest absolute Gasteiger partial charge is 0.384 e. The molecule has 88 valence electrons. The van der Waals surface area contributed by atoms with Crippen LogP contribution in [0.3, 0.4) is 0 Å². The Morgan fingerprint density at radius 1 is 1.25 bits per heavy atom. The van der Waals surface area contributed by atoms with Gasteiger partial charge in [0, 0.05) is 18.2 Å². The second-order valence-electron chi connectivity index (χ2n) is 5.33. The molecule has 2 saturated heterocycles. The summed E-state index contributed by atoms with van der Waals surface area (Å²) >= 11 is 0. The number of piperidine rings is 1. The van der Waals surface area contributed by atoms with Crippen LogP contribution in [0.25, 0.3) is 0 Å². The van der Waals surface area contributed by atoms with Gasteiger partial charge < -0.3 is 10.6 Å². The van der Waals surface area contributed by atoms with Crippen LogP contribution in [-0.4, -0.2) is 33.8 Å². The van der Waals surface area contributed by atoms with Gasteiger partial charge in [-0.3, -0.25) is 0 Å². The maximum atomic E-state index is 6.01. The van der Waals surface area contributed by atoms with Crippen molar-refractivity contribution in [3.63, 3.8) is 0 Å². The Balaban J connectivity index is 1.85. The fourth-order valence-corrected chi connectivity index (χ4v) is 3.41. The molecule has 1 aromatic heterocycles. The van der Waals surface area contributed by atoms with Crippen molar-refractivity contribution >= 4 is 5.82 Å². The summed E-state index contributed by atoms with van der Waals surface area (Å²) < 4.78 is 2.05. The molecule has 2 fully saturated rings. The Hall–Kier alpha value is -1.03. The van der Waals surface area contributed by atoms with Gasteiger partial charge in [-0.1, -0.05) is 0 Å². The number of hydrogen-bond donors (Lipinski definition) is 1. The molecule has 4 nitrogen and oxygen atoms in total. The lowest BCUT2D eigenvalue weighted by atomic mass is 9.98. The summed E-state index contributed by atoms with van der Waals surface area (Å²) in [5, 5.41) is 4.53. The van der Waals surface area contributed by atoms with Gasteiger partial charge >= 0.3 is 0 Å². The van der Waals surface area contributed by atoms with Crippen LogP contribution in [0.15, 0.2) is 6.07 Å². The first-order chi connectivity index (χ1) is 7.65. The molecule has 0 amide bonds. The predicted octanol–water partition coefficient (Wildman–Crippen LogP) is 1.57. The van der Waals surface area contributed by atoms with Crippen LogP contribution in [0.5, 0.6) is 0 Å². The molecule has 4 heteroatoms. The van der Waals surface area contributed by atoms with Gasteiger partial charge in [0.1, 0.15) is 5.82 Å². The molecule has 3 heterocycles. The molecule has 3 rings (SSSR count). The van der Waals surface area contributed by atoms with E-state index in [4.69, 9.17) is 5.73 Å². The summed E-state index contributed by atoms with van der Waals surface area (Å²) in [7, 11) is 2.26. The van der Waals surface area contributed by atoms with Gasteiger partial charge in [0.25, 0.3) is 0 Å². The number of aromatic nitrogens is 2. The van der Waals surface area contributed by atoms with Gasteiger partial charge in [-0.15, -0.1) is 0 Å². The van der Waals surface area contributed by atoms with Crippen molar-refractivity contribution < 1.29 is 0 Å². The van der Waals surface area contributed by atoms with Crippen LogP contribution in [-0.2, 0) is 0 Å². The first kappa shape index (κ1) is 10.1. The van der Waals surface area contributed by atoms with Crippen LogP contribution in [0.2, 0.25) is 0 Å². The normalized spacial score (nSPS) is 34.5. The number of hydrogen-bond acceptors (Lipinski definition) is 3. The smallest absolute Gasteiger partial charge is 0.122 e. The molecule has 0 aromatic carbocycles. The maximum absolute atomic E-state index is 6.01. The SMILES string of the molecule is Cc1cc(N)n(C2CC3CCC(C2)N3C)n1. The van der Waals surface area contributed by atoms with E-state index in [1.54, 1.807) is 0 Å². The summed E-state index contributed by atoms with van der Waals surface area (Å²) in [5.74, 6) is 0.825. The lowest BCUT2D eigenvalue weighted by molar-refractivity contribution is 0.132. The Morgan fingerprint density at radius 2 is 1.88 bits per heavy atom. The molecule has 0 saturated carbocycles. The predicted molar refractivity (Wildman–Crippen MR) is 64.2 cm³/mol. The minimum atomic E-state index is 0.516. The van der Waals surface area contributed by atoms with Crippen molar-refractivity contribution in [2.45, 2.75) is 50.7 Å². The van der Waals surface area contributed by atoms with E-state index in [9.17, 15) is 0 Å². The van der Waals surface area contributed by atoms with Crippen molar-refractivity contribution in [2.24, 2.45) is 0 Å². The van der Waals surface area contributed by atoms with Gasteiger partial charge in [0.05, 0.1) is 11.7 Å². The van der Waals surface area contributed by atoms with E-state index in [0.29, 0.717) is 6.04 Å². The number of nitrogens with zero attached hydrogens (tertiary/aromatic N) is 3. The molecule has 2 unspecified atom stereocenters. The van der Waals surface area contributed by atoms with E-state index in [0.717, 1.165) is 23.6 Å². The topological polar surface area (TPSA) is 47.1 Å². The summed E-state index contributed by atoms with van der Waals surface area (Å²) in [6.07, 6.45) is 5.10. The highest BCUT2D eigenvalue weighted by Crippen LogP contribution is 2.40. The fraction of sp³-hybridized carbons (Fsp3) is 0.750. The summed E-state index contributed by atoms with van der Waals surface area (Å²) in [5.41, 5.74) is 7.04. The third kappa shape index (κ3) is 1.44. The molecule has 2 atom stereocenters. The average Bonchev–Trinajstić information content (AvgIpc) is 2.65. The molecule has 2 aliphatic rings. The van der Waals surface area contributed by atoms with E-state index in [1.165, 1.54) is 25.7 Å². The third-order valence-corrected chi connectivity index (χ3v) is 4.31. The molecule has 0 aliphatic carbocycles. The number of nitrogen functional groups attached to an aromatic ring is 1. The van der Waals surface area contributed by atoms with Gasteiger partial charge in [0.2, 0.25) is 0 Å². The maximum Gasteiger partial charge on any atom is 0.122 e. The van der Waals surface area contributed by atoms with Crippen molar-refractivity contribution in [1.82, 2.24) is 14.7 Å². The molecule has 0 radical (unpaired) electrons. The van der Waals surface area contributed by atoms with Gasteiger partial charge in [0.15, 0.2) is 0 Å². The molecule has 2 N–H and O–H groups in total. The first-order valence-corrected chi connectivity index (χ1v) is 6.18. The number of nitrogens with two attached hydrogens (primary N) is 1. The Bertz CT molecular complexity index is 384. The Labute approximate surface area is 96.4 Å². The highest BCUT2D eigenvalue weighted by atomic mass is 15.3. The lowest BCUT2D eigenvalue weighted by Gasteiger charge is -2.36. The Morgan fingerprint density at radius 3 is 2.38 bits per heavy atom. The summed E-state index contributed by atoms with van der Waals surface area (Å²) in [6, 6.07) is 3.97. The summed E-state index contributed by atoms with van der Waals surface area (Å²) in [4.78, 5) is 2.54. The number of aryl methyl sites for hydroxylation is 1. The van der Waals surface area contributed by atoms with Crippen LogP contribution in [0, 0.1) is 6.92 Å². The van der Waals surface area contributed by atoms with Gasteiger partial charge in [-0.05, 0) is 39.7 Å². The monoisotopic (exact) mass is 220 g/mol. The average molecular weight is 220 g/mol. The minimum absolute atomic E-state index is 0.516. The van der Waals surface area contributed by atoms with Crippen molar-refractivity contribution in [2.75, 3.05) is 12.8 Å². The van der Waals surface area contributed by atoms with E-state index >= 15 is 0 Å². The standard InChI is InChI=1S/C12H20N4/c1-8-5-12(13)16(14-8)11-6-9-3-4-10(7-11)15(9)2/h5,9-11H,3-4,6-7,13H2,1-2H3. The molecular formula is C12H20N4. The summed E-state index contributed by atoms with van der Waals surface area (Å²) in [6.45, 7) is 2.01. The highest BCUT2D eigenvalue weighted by Gasteiger charge is 2.39. The van der Waals surface area contributed by atoms with Gasteiger partial charge in [-0.2, -0.15) is 5.10 Å². The van der Waals surface area contributed by atoms with E-state index in [1.807, 2.05) is 17.7 Å². The van der Waals surface area contributed by atoms with Crippen LogP contribution in [0.1, 0.15) is 37.4 Å². The zero-order valence-electron chi connectivity index (χ0n) is 10.1. The Kier molecular flexibility index (Phi) is 2.21. The molecular weight excluding hydrogens is 200 g/mol. The quantitative estimate of drug-likeness (QED) is 0.781. The van der Waals surface area contributed by atoms with E-state index < -0.39 is 0 Å². The number of rotatable bonds is 1. The highest BCUT2D eigenvalue weighted by molar-refractivity contribution is 5.31. The lowest BCUT2D eigenvalue weighted by Crippen LogP contribution is -2.40. The number of anilines is 1. The van der Waals surface area contributed by atoms with E-state index in [-0.39, 0.29) is 0 Å². The molecule has 0 spiro atoms. The van der Waals surface area contributed by atoms with Crippen LogP contribution in [0.4, 0.5) is 5.82 Å². The van der Waals surface area contributed by atoms with Crippen LogP contribution < -0.4 is 5.73 Å². The molecule has 16 heavy (non-hydrogen) atoms. The minimum Gasteiger partial charge on any atom is -0.384 e. The first-order valence-electron chi connectivity index (χ1n) is 6.18. The van der Waals surface area contributed by atoms with Crippen molar-refractivity contribution in [3.05, 3.63) is 11.8 Å². The number of fused-ring (bicyclic) bond motifs is 2. The van der Waals surface area contributed by atoms with Crippen LogP contribution >= 0.6 is 0 Å². The second kappa shape index (κ2) is 3.48. The van der Waals surface area contributed by atoms with Gasteiger partial charge in [-0.25, -0.2) is 4.68 Å². The zero-order valence-corrected chi connectivity index (χ0v) is 10.1. The molecule has 2 aliphatic heterocycles. The van der Waals surface area contributed by atoms with E-state index in [2.05, 4.69) is 17.0 Å². The fourth-order valence-electron chi connectivity index (χ4n) is 3.41. The third-order valence-electron chi connectivity index (χ3n) is 4.31. The van der Waals surface area contributed by atoms with Crippen molar-refractivity contribution in [1.29, 1.82) is 0 Å². The van der Waals surface area contributed by atoms with Crippen molar-refractivity contribution in [3.8, 4) is 0 Å². The zero-order chi connectivity index (χ0) is 11.3. The molecule has 1 aromatic rings.